The number of anilines is 3. The van der Waals surface area contributed by atoms with Gasteiger partial charge in [0, 0.05) is 49.9 Å². The zero-order valence-corrected chi connectivity index (χ0v) is 34.2. The minimum absolute atomic E-state index is 0.112. The molecule has 0 radical (unpaired) electrons. The van der Waals surface area contributed by atoms with Gasteiger partial charge in [0.2, 0.25) is 0 Å². The highest BCUT2D eigenvalue weighted by Crippen LogP contribution is 2.71. The summed E-state index contributed by atoms with van der Waals surface area (Å²) in [5.74, 6) is 0.474. The van der Waals surface area contributed by atoms with Crippen molar-refractivity contribution in [2.24, 2.45) is 11.8 Å². The van der Waals surface area contributed by atoms with Crippen LogP contribution >= 0.6 is 0 Å². The Hall–Kier alpha value is -7.16. The number of para-hydroxylation sites is 2. The minimum Gasteiger partial charge on any atom is -0.454 e. The first-order valence-electron chi connectivity index (χ1n) is 21.7. The van der Waals surface area contributed by atoms with Crippen molar-refractivity contribution in [2.45, 2.75) is 30.1 Å². The molecular weight excluding hydrogens is 739 g/mol. The van der Waals surface area contributed by atoms with Crippen molar-refractivity contribution in [1.29, 1.82) is 0 Å². The van der Waals surface area contributed by atoms with Gasteiger partial charge in [-0.15, -0.1) is 0 Å². The van der Waals surface area contributed by atoms with Crippen LogP contribution in [0.25, 0.3) is 49.1 Å². The van der Waals surface area contributed by atoms with Crippen molar-refractivity contribution in [3.63, 3.8) is 0 Å². The molecule has 2 nitrogen and oxygen atoms in total. The van der Waals surface area contributed by atoms with E-state index in [2.05, 4.69) is 225 Å². The zero-order valence-electron chi connectivity index (χ0n) is 34.2. The Bertz CT molecular complexity index is 3440. The van der Waals surface area contributed by atoms with Crippen molar-refractivity contribution in [1.82, 2.24) is 0 Å². The number of hydrogen-bond donors (Lipinski definition) is 0. The first-order chi connectivity index (χ1) is 30.0. The summed E-state index contributed by atoms with van der Waals surface area (Å²) in [6, 6.07) is 62.6. The lowest BCUT2D eigenvalue weighted by molar-refractivity contribution is 0.237. The van der Waals surface area contributed by atoms with E-state index >= 15 is 0 Å². The lowest BCUT2D eigenvalue weighted by atomic mass is 9.56. The maximum atomic E-state index is 6.74. The molecule has 2 heteroatoms. The molecule has 1 spiro atoms. The van der Waals surface area contributed by atoms with Crippen molar-refractivity contribution >= 4 is 66.1 Å². The highest BCUT2D eigenvalue weighted by Gasteiger charge is 2.67. The second-order valence-electron chi connectivity index (χ2n) is 18.0. The Morgan fingerprint density at radius 3 is 2.07 bits per heavy atom. The summed E-state index contributed by atoms with van der Waals surface area (Å²) in [4.78, 5) is 2.40. The quantitative estimate of drug-likeness (QED) is 0.177. The molecule has 0 N–H and O–H groups in total. The van der Waals surface area contributed by atoms with Crippen LogP contribution in [0, 0.1) is 11.8 Å². The van der Waals surface area contributed by atoms with Gasteiger partial charge in [-0.25, -0.2) is 0 Å². The molecule has 1 aromatic heterocycles. The average molecular weight is 782 g/mol. The summed E-state index contributed by atoms with van der Waals surface area (Å²) in [6.07, 6.45) is 17.2. The molecule has 61 heavy (non-hydrogen) atoms. The highest BCUT2D eigenvalue weighted by atomic mass is 16.3. The standard InChI is InChI=1S/C59H43NO/c1-57-35-12-11-30-53(57)59(48-26-9-8-25-47(48)57)49-33-31-39-17-4-6-22-44(39)55(49)58(2)37-41(32-34-54(58)59)40-19-13-20-42(36-40)60(50-27-14-18-38-16-3-5-21-43(38)50)51-28-15-24-46-45-23-7-10-29-52(45)61-56(46)51/h3-37,53-54H,1-2H3. The normalized spacial score (nSPS) is 24.3. The van der Waals surface area contributed by atoms with Gasteiger partial charge in [0.25, 0.3) is 0 Å². The van der Waals surface area contributed by atoms with Gasteiger partial charge in [0.1, 0.15) is 5.58 Å². The molecule has 0 saturated heterocycles. The molecule has 5 unspecified atom stereocenters. The van der Waals surface area contributed by atoms with E-state index in [1.54, 1.807) is 0 Å². The molecule has 5 atom stereocenters. The first kappa shape index (κ1) is 34.7. The number of allylic oxidation sites excluding steroid dienone is 8. The smallest absolute Gasteiger partial charge is 0.159 e. The number of rotatable bonds is 4. The van der Waals surface area contributed by atoms with E-state index in [-0.39, 0.29) is 28.1 Å². The number of fused-ring (bicyclic) bond motifs is 16. The molecule has 13 rings (SSSR count). The predicted octanol–water partition coefficient (Wildman–Crippen LogP) is 15.2. The lowest BCUT2D eigenvalue weighted by Crippen LogP contribution is -2.45. The van der Waals surface area contributed by atoms with Gasteiger partial charge in [-0.2, -0.15) is 0 Å². The van der Waals surface area contributed by atoms with Gasteiger partial charge in [0.15, 0.2) is 5.58 Å². The van der Waals surface area contributed by atoms with Gasteiger partial charge in [-0.05, 0) is 79.9 Å². The van der Waals surface area contributed by atoms with Crippen molar-refractivity contribution in [3.8, 4) is 0 Å². The van der Waals surface area contributed by atoms with E-state index in [4.69, 9.17) is 4.42 Å². The van der Waals surface area contributed by atoms with Crippen molar-refractivity contribution in [3.05, 3.63) is 240 Å². The Labute approximate surface area is 356 Å². The molecule has 0 bridgehead atoms. The maximum Gasteiger partial charge on any atom is 0.159 e. The van der Waals surface area contributed by atoms with Crippen LogP contribution in [-0.4, -0.2) is 0 Å². The van der Waals surface area contributed by atoms with Crippen molar-refractivity contribution in [2.75, 3.05) is 4.90 Å². The van der Waals surface area contributed by atoms with Crippen LogP contribution < -0.4 is 4.90 Å². The summed E-state index contributed by atoms with van der Waals surface area (Å²) in [5, 5.41) is 7.27. The summed E-state index contributed by atoms with van der Waals surface area (Å²) in [7, 11) is 0. The van der Waals surface area contributed by atoms with Gasteiger partial charge in [0.05, 0.1) is 11.4 Å². The zero-order chi connectivity index (χ0) is 40.5. The highest BCUT2D eigenvalue weighted by molar-refractivity contribution is 6.11. The number of hydrogen-bond acceptors (Lipinski definition) is 2. The first-order valence-corrected chi connectivity index (χ1v) is 21.7. The fourth-order valence-electron chi connectivity index (χ4n) is 12.6. The van der Waals surface area contributed by atoms with E-state index in [9.17, 15) is 0 Å². The van der Waals surface area contributed by atoms with Gasteiger partial charge in [-0.1, -0.05) is 196 Å². The molecule has 0 saturated carbocycles. The second-order valence-corrected chi connectivity index (χ2v) is 18.0. The van der Waals surface area contributed by atoms with Gasteiger partial charge in [-0.3, -0.25) is 0 Å². The summed E-state index contributed by atoms with van der Waals surface area (Å²) in [5.41, 5.74) is 12.6. The van der Waals surface area contributed by atoms with Crippen LogP contribution in [0.5, 0.6) is 0 Å². The Kier molecular flexibility index (Phi) is 7.07. The minimum atomic E-state index is -0.293. The van der Waals surface area contributed by atoms with E-state index in [0.717, 1.165) is 39.0 Å². The maximum absolute atomic E-state index is 6.74. The Morgan fingerprint density at radius 2 is 1.18 bits per heavy atom. The van der Waals surface area contributed by atoms with Gasteiger partial charge >= 0.3 is 0 Å². The van der Waals surface area contributed by atoms with E-state index in [1.165, 1.54) is 54.9 Å². The molecule has 1 heterocycles. The van der Waals surface area contributed by atoms with Crippen LogP contribution in [0.3, 0.4) is 0 Å². The largest absolute Gasteiger partial charge is 0.454 e. The summed E-state index contributed by atoms with van der Waals surface area (Å²) in [6.45, 7) is 4.99. The molecule has 290 valence electrons. The summed E-state index contributed by atoms with van der Waals surface area (Å²) >= 11 is 0. The lowest BCUT2D eigenvalue weighted by Gasteiger charge is -2.46. The fourth-order valence-corrected chi connectivity index (χ4v) is 12.6. The van der Waals surface area contributed by atoms with Crippen LogP contribution in [0.1, 0.15) is 41.7 Å². The third kappa shape index (κ3) is 4.52. The second kappa shape index (κ2) is 12.4. The molecule has 0 amide bonds. The van der Waals surface area contributed by atoms with E-state index < -0.39 is 0 Å². The van der Waals surface area contributed by atoms with E-state index in [0.29, 0.717) is 0 Å². The van der Waals surface area contributed by atoms with Crippen LogP contribution in [0.4, 0.5) is 17.1 Å². The SMILES string of the molecule is CC12C=CC=CC1C1(c3ccccc32)c2ccc3ccccc3c2C2(C)C=C(c3cccc(N(c4cccc5ccccc45)c4cccc5c4oc4ccccc45)c3)C=CC21. The third-order valence-corrected chi connectivity index (χ3v) is 15.0. The summed E-state index contributed by atoms with van der Waals surface area (Å²) < 4.78 is 6.74. The Morgan fingerprint density at radius 1 is 0.508 bits per heavy atom. The van der Waals surface area contributed by atoms with Crippen LogP contribution in [-0.2, 0) is 16.2 Å². The third-order valence-electron chi connectivity index (χ3n) is 15.0. The number of benzene rings is 8. The molecule has 4 aliphatic rings. The van der Waals surface area contributed by atoms with Crippen molar-refractivity contribution < 1.29 is 4.42 Å². The van der Waals surface area contributed by atoms with Crippen LogP contribution in [0.15, 0.2) is 217 Å². The predicted molar refractivity (Wildman–Crippen MR) is 254 cm³/mol. The number of furan rings is 1. The molecule has 9 aromatic rings. The van der Waals surface area contributed by atoms with Gasteiger partial charge < -0.3 is 9.32 Å². The number of nitrogens with zero attached hydrogens (tertiary/aromatic N) is 1. The molecule has 4 aliphatic carbocycles. The van der Waals surface area contributed by atoms with Crippen LogP contribution in [0.2, 0.25) is 0 Å². The van der Waals surface area contributed by atoms with E-state index in [1.807, 2.05) is 6.07 Å². The average Bonchev–Trinajstić information content (AvgIpc) is 3.89. The monoisotopic (exact) mass is 781 g/mol. The molecule has 8 aromatic carbocycles. The molecule has 0 fully saturated rings. The molecular formula is C59H43NO. The fraction of sp³-hybridized carbons (Fsp3) is 0.119. The topological polar surface area (TPSA) is 16.4 Å². The molecule has 0 aliphatic heterocycles. The Balaban J connectivity index is 1.03.